The third kappa shape index (κ3) is 7.94. The van der Waals surface area contributed by atoms with Crippen molar-refractivity contribution < 1.29 is 28.5 Å². The van der Waals surface area contributed by atoms with E-state index in [0.29, 0.717) is 0 Å². The van der Waals surface area contributed by atoms with Gasteiger partial charge in [-0.05, 0) is 0 Å². The van der Waals surface area contributed by atoms with Crippen LogP contribution in [0.5, 0.6) is 0 Å². The molecule has 2 amide bonds. The largest absolute Gasteiger partial charge is 0.469 e. The van der Waals surface area contributed by atoms with Crippen LogP contribution in [0.1, 0.15) is 0 Å². The van der Waals surface area contributed by atoms with Crippen LogP contribution in [-0.4, -0.2) is 34.8 Å². The number of phosphoric ester groups is 1. The number of rotatable bonds is 7. The van der Waals surface area contributed by atoms with Crippen LogP contribution in [0.3, 0.4) is 0 Å². The van der Waals surface area contributed by atoms with E-state index in [2.05, 4.69) is 9.84 Å². The number of amides is 2. The lowest BCUT2D eigenvalue weighted by Crippen LogP contribution is -2.30. The van der Waals surface area contributed by atoms with E-state index in [0.717, 1.165) is 6.08 Å². The summed E-state index contributed by atoms with van der Waals surface area (Å²) in [5, 5.41) is 2.34. The van der Waals surface area contributed by atoms with Gasteiger partial charge >= 0.3 is 7.82 Å². The van der Waals surface area contributed by atoms with Gasteiger partial charge in [0.1, 0.15) is 5.70 Å². The molecule has 0 aromatic heterocycles. The lowest BCUT2D eigenvalue weighted by Gasteiger charge is -2.08. The van der Waals surface area contributed by atoms with Crippen LogP contribution in [-0.2, 0) is 18.7 Å². The van der Waals surface area contributed by atoms with E-state index in [1.807, 2.05) is 0 Å². The fraction of sp³-hybridized carbons (Fsp3) is 0.333. The Bertz CT molecular complexity index is 348. The molecule has 0 atom stereocenters. The number of primary amides is 2. The number of hydrogen-bond donors (Lipinski definition) is 5. The summed E-state index contributed by atoms with van der Waals surface area (Å²) >= 11 is 0. The summed E-state index contributed by atoms with van der Waals surface area (Å²) in [4.78, 5) is 37.8. The first-order valence-electron chi connectivity index (χ1n) is 3.97. The third-order valence-corrected chi connectivity index (χ3v) is 1.75. The Hall–Kier alpha value is -1.41. The van der Waals surface area contributed by atoms with Crippen molar-refractivity contribution in [1.82, 2.24) is 5.32 Å². The van der Waals surface area contributed by atoms with Gasteiger partial charge in [-0.2, -0.15) is 0 Å². The molecule has 0 bridgehead atoms. The van der Waals surface area contributed by atoms with Crippen LogP contribution in [0, 0.1) is 0 Å². The summed E-state index contributed by atoms with van der Waals surface area (Å²) in [6, 6.07) is 0. The Kier molecular flexibility index (Phi) is 5.68. The van der Waals surface area contributed by atoms with Gasteiger partial charge < -0.3 is 26.6 Å². The molecule has 0 spiro atoms. The molecule has 16 heavy (non-hydrogen) atoms. The van der Waals surface area contributed by atoms with Crippen LogP contribution < -0.4 is 16.8 Å². The minimum absolute atomic E-state index is 0.118. The Morgan fingerprint density at radius 1 is 1.38 bits per heavy atom. The predicted molar refractivity (Wildman–Crippen MR) is 52.5 cm³/mol. The van der Waals surface area contributed by atoms with Crippen molar-refractivity contribution in [2.24, 2.45) is 11.5 Å². The highest BCUT2D eigenvalue weighted by atomic mass is 31.2. The molecule has 0 aliphatic rings. The third-order valence-electron chi connectivity index (χ3n) is 1.23. The van der Waals surface area contributed by atoms with Crippen molar-refractivity contribution in [3.05, 3.63) is 11.8 Å². The second kappa shape index (κ2) is 6.23. The molecule has 10 heteroatoms. The molecular weight excluding hydrogens is 241 g/mol. The molecule has 0 aliphatic heterocycles. The van der Waals surface area contributed by atoms with Crippen LogP contribution in [0.4, 0.5) is 0 Å². The number of carbonyl (C=O) groups is 2. The molecule has 7 N–H and O–H groups in total. The quantitative estimate of drug-likeness (QED) is 0.190. The highest BCUT2D eigenvalue weighted by molar-refractivity contribution is 7.46. The van der Waals surface area contributed by atoms with Crippen molar-refractivity contribution >= 4 is 19.6 Å². The first-order valence-corrected chi connectivity index (χ1v) is 5.50. The van der Waals surface area contributed by atoms with Gasteiger partial charge in [0.2, 0.25) is 5.91 Å². The average Bonchev–Trinajstić information content (AvgIpc) is 2.07. The zero-order chi connectivity index (χ0) is 12.8. The van der Waals surface area contributed by atoms with E-state index in [-0.39, 0.29) is 18.8 Å². The van der Waals surface area contributed by atoms with E-state index in [1.54, 1.807) is 0 Å². The lowest BCUT2D eigenvalue weighted by atomic mass is 10.3. The monoisotopic (exact) mass is 253 g/mol. The average molecular weight is 253 g/mol. The number of hydrogen-bond acceptors (Lipinski definition) is 5. The van der Waals surface area contributed by atoms with Crippen molar-refractivity contribution in [3.63, 3.8) is 0 Å². The molecule has 0 rings (SSSR count). The minimum atomic E-state index is -4.54. The predicted octanol–water partition coefficient (Wildman–Crippen LogP) is -2.46. The zero-order valence-corrected chi connectivity index (χ0v) is 9.02. The van der Waals surface area contributed by atoms with Gasteiger partial charge in [0, 0.05) is 12.6 Å². The fourth-order valence-corrected chi connectivity index (χ4v) is 1.03. The highest BCUT2D eigenvalue weighted by Crippen LogP contribution is 2.35. The Morgan fingerprint density at radius 2 is 1.94 bits per heavy atom. The van der Waals surface area contributed by atoms with Gasteiger partial charge in [-0.25, -0.2) is 4.57 Å². The van der Waals surface area contributed by atoms with Crippen LogP contribution in [0.25, 0.3) is 0 Å². The SMILES string of the molecule is NC(=O)/C=C(\NCCOP(=O)(O)O)C(N)=O. The van der Waals surface area contributed by atoms with Gasteiger partial charge in [-0.15, -0.1) is 0 Å². The number of nitrogens with one attached hydrogen (secondary N) is 1. The maximum absolute atomic E-state index is 10.7. The van der Waals surface area contributed by atoms with E-state index in [9.17, 15) is 14.2 Å². The Labute approximate surface area is 90.7 Å². The van der Waals surface area contributed by atoms with Crippen molar-refractivity contribution in [2.75, 3.05) is 13.2 Å². The molecule has 0 radical (unpaired) electrons. The van der Waals surface area contributed by atoms with Crippen LogP contribution >= 0.6 is 7.82 Å². The summed E-state index contributed by atoms with van der Waals surface area (Å²) in [6.07, 6.45) is 0.764. The molecule has 92 valence electrons. The van der Waals surface area contributed by atoms with Crippen LogP contribution in [0.2, 0.25) is 0 Å². The normalized spacial score (nSPS) is 12.2. The maximum Gasteiger partial charge on any atom is 0.469 e. The second-order valence-corrected chi connectivity index (χ2v) is 3.81. The number of carbonyl (C=O) groups excluding carboxylic acids is 2. The Morgan fingerprint density at radius 3 is 2.31 bits per heavy atom. The minimum Gasteiger partial charge on any atom is -0.378 e. The van der Waals surface area contributed by atoms with Crippen LogP contribution in [0.15, 0.2) is 11.8 Å². The summed E-state index contributed by atoms with van der Waals surface area (Å²) < 4.78 is 14.3. The zero-order valence-electron chi connectivity index (χ0n) is 8.12. The molecular formula is C6H12N3O6P. The summed E-state index contributed by atoms with van der Waals surface area (Å²) in [5.41, 5.74) is 9.40. The summed E-state index contributed by atoms with van der Waals surface area (Å²) in [6.45, 7) is -0.485. The topological polar surface area (TPSA) is 165 Å². The van der Waals surface area contributed by atoms with Crippen molar-refractivity contribution in [2.45, 2.75) is 0 Å². The molecule has 0 aromatic rings. The van der Waals surface area contributed by atoms with Crippen molar-refractivity contribution in [3.8, 4) is 0 Å². The van der Waals surface area contributed by atoms with Crippen molar-refractivity contribution in [1.29, 1.82) is 0 Å². The summed E-state index contributed by atoms with van der Waals surface area (Å²) in [5.74, 6) is -1.80. The molecule has 9 nitrogen and oxygen atoms in total. The maximum atomic E-state index is 10.7. The van der Waals surface area contributed by atoms with E-state index in [1.165, 1.54) is 0 Å². The van der Waals surface area contributed by atoms with Gasteiger partial charge in [0.05, 0.1) is 6.61 Å². The smallest absolute Gasteiger partial charge is 0.378 e. The fourth-order valence-electron chi connectivity index (χ4n) is 0.702. The Balaban J connectivity index is 4.11. The number of phosphoric acid groups is 1. The van der Waals surface area contributed by atoms with Gasteiger partial charge in [-0.1, -0.05) is 0 Å². The lowest BCUT2D eigenvalue weighted by molar-refractivity contribution is -0.116. The van der Waals surface area contributed by atoms with E-state index in [4.69, 9.17) is 21.3 Å². The highest BCUT2D eigenvalue weighted by Gasteiger charge is 2.13. The van der Waals surface area contributed by atoms with E-state index >= 15 is 0 Å². The van der Waals surface area contributed by atoms with Gasteiger partial charge in [0.25, 0.3) is 5.91 Å². The second-order valence-electron chi connectivity index (χ2n) is 2.58. The molecule has 0 saturated carbocycles. The molecule has 0 heterocycles. The van der Waals surface area contributed by atoms with Gasteiger partial charge in [0.15, 0.2) is 0 Å². The molecule has 0 unspecified atom stereocenters. The molecule has 0 saturated heterocycles. The molecule has 0 aromatic carbocycles. The molecule has 0 aliphatic carbocycles. The molecule has 0 fully saturated rings. The first kappa shape index (κ1) is 14.6. The van der Waals surface area contributed by atoms with Gasteiger partial charge in [-0.3, -0.25) is 14.1 Å². The number of nitrogens with two attached hydrogens (primary N) is 2. The first-order chi connectivity index (χ1) is 7.22. The van der Waals surface area contributed by atoms with E-state index < -0.39 is 19.6 Å². The summed E-state index contributed by atoms with van der Waals surface area (Å²) in [7, 11) is -4.54. The standard InChI is InChI=1S/C6H12N3O6P/c7-5(10)3-4(6(8)11)9-1-2-15-16(12,13)14/h3,9H,1-2H2,(H2,7,10)(H2,8,11)(H2,12,13,14)/b4-3-.